The number of hydrogen-bond donors (Lipinski definition) is 3. The molecule has 0 unspecified atom stereocenters. The molecule has 0 radical (unpaired) electrons. The van der Waals surface area contributed by atoms with Crippen LogP contribution < -0.4 is 16.4 Å². The summed E-state index contributed by atoms with van der Waals surface area (Å²) in [6.07, 6.45) is 0. The molecule has 0 saturated carbocycles. The number of nitrogens with two attached hydrogens (primary N) is 1. The lowest BCUT2D eigenvalue weighted by molar-refractivity contribution is -0.383. The van der Waals surface area contributed by atoms with E-state index in [1.165, 1.54) is 0 Å². The highest BCUT2D eigenvalue weighted by Gasteiger charge is 2.23. The van der Waals surface area contributed by atoms with Gasteiger partial charge in [0.2, 0.25) is 17.6 Å². The standard InChI is InChI=1S/C18H17ClN6O2/c19-14-8-6-13(7-9-14)11-22-18-23-16(20)15(25(26)27)17(24-18)21-10-12-4-2-1-3-5-12/h1-9H,10-11H2,(H4,20,21,22,23,24). The van der Waals surface area contributed by atoms with Crippen LogP contribution in [0.1, 0.15) is 11.1 Å². The second-order valence-electron chi connectivity index (χ2n) is 5.71. The summed E-state index contributed by atoms with van der Waals surface area (Å²) >= 11 is 5.87. The van der Waals surface area contributed by atoms with E-state index < -0.39 is 4.92 Å². The second-order valence-corrected chi connectivity index (χ2v) is 6.14. The van der Waals surface area contributed by atoms with Crippen LogP contribution in [0.15, 0.2) is 54.6 Å². The molecule has 0 aliphatic rings. The van der Waals surface area contributed by atoms with Gasteiger partial charge in [0, 0.05) is 18.1 Å². The molecular formula is C18H17ClN6O2. The zero-order valence-electron chi connectivity index (χ0n) is 14.2. The van der Waals surface area contributed by atoms with Crippen molar-refractivity contribution in [3.05, 3.63) is 80.9 Å². The van der Waals surface area contributed by atoms with E-state index in [2.05, 4.69) is 20.6 Å². The summed E-state index contributed by atoms with van der Waals surface area (Å²) < 4.78 is 0. The van der Waals surface area contributed by atoms with E-state index in [4.69, 9.17) is 17.3 Å². The van der Waals surface area contributed by atoms with Gasteiger partial charge < -0.3 is 16.4 Å². The molecule has 0 atom stereocenters. The van der Waals surface area contributed by atoms with Crippen LogP contribution in [0, 0.1) is 10.1 Å². The van der Waals surface area contributed by atoms with E-state index in [1.54, 1.807) is 12.1 Å². The molecule has 8 nitrogen and oxygen atoms in total. The first-order valence-corrected chi connectivity index (χ1v) is 8.49. The molecule has 0 bridgehead atoms. The predicted octanol–water partition coefficient (Wildman–Crippen LogP) is 3.84. The summed E-state index contributed by atoms with van der Waals surface area (Å²) in [6.45, 7) is 0.793. The highest BCUT2D eigenvalue weighted by atomic mass is 35.5. The highest BCUT2D eigenvalue weighted by Crippen LogP contribution is 2.29. The molecule has 4 N–H and O–H groups in total. The van der Waals surface area contributed by atoms with Crippen molar-refractivity contribution in [1.29, 1.82) is 0 Å². The highest BCUT2D eigenvalue weighted by molar-refractivity contribution is 6.30. The van der Waals surface area contributed by atoms with Gasteiger partial charge in [-0.1, -0.05) is 54.1 Å². The fourth-order valence-corrected chi connectivity index (χ4v) is 2.55. The summed E-state index contributed by atoms with van der Waals surface area (Å²) in [5.74, 6) is 0.0581. The molecule has 27 heavy (non-hydrogen) atoms. The van der Waals surface area contributed by atoms with Gasteiger partial charge in [-0.25, -0.2) is 0 Å². The van der Waals surface area contributed by atoms with Crippen LogP contribution in [0.25, 0.3) is 0 Å². The van der Waals surface area contributed by atoms with Crippen molar-refractivity contribution >= 4 is 34.9 Å². The second kappa shape index (κ2) is 8.33. The van der Waals surface area contributed by atoms with E-state index >= 15 is 0 Å². The Kier molecular flexibility index (Phi) is 5.68. The molecule has 2 aromatic carbocycles. The number of nitrogen functional groups attached to an aromatic ring is 1. The maximum absolute atomic E-state index is 11.3. The number of aromatic nitrogens is 2. The van der Waals surface area contributed by atoms with Crippen molar-refractivity contribution in [3.63, 3.8) is 0 Å². The van der Waals surface area contributed by atoms with Gasteiger partial charge in [0.05, 0.1) is 4.92 Å². The SMILES string of the molecule is Nc1nc(NCc2ccc(Cl)cc2)nc(NCc2ccccc2)c1[N+](=O)[O-]. The van der Waals surface area contributed by atoms with Gasteiger partial charge in [0.15, 0.2) is 0 Å². The van der Waals surface area contributed by atoms with Crippen LogP contribution in [0.3, 0.4) is 0 Å². The maximum atomic E-state index is 11.3. The quantitative estimate of drug-likeness (QED) is 0.418. The molecule has 0 fully saturated rings. The first kappa shape index (κ1) is 18.4. The van der Waals surface area contributed by atoms with Gasteiger partial charge in [-0.2, -0.15) is 9.97 Å². The molecule has 0 aliphatic carbocycles. The molecule has 1 heterocycles. The largest absolute Gasteiger partial charge is 0.378 e. The summed E-state index contributed by atoms with van der Waals surface area (Å²) in [6, 6.07) is 16.8. The Hall–Kier alpha value is -3.39. The van der Waals surface area contributed by atoms with Crippen LogP contribution in [-0.4, -0.2) is 14.9 Å². The molecule has 3 aromatic rings. The fraction of sp³-hybridized carbons (Fsp3) is 0.111. The van der Waals surface area contributed by atoms with E-state index in [-0.39, 0.29) is 23.3 Å². The van der Waals surface area contributed by atoms with Crippen molar-refractivity contribution in [2.45, 2.75) is 13.1 Å². The topological polar surface area (TPSA) is 119 Å². The zero-order valence-corrected chi connectivity index (χ0v) is 15.0. The van der Waals surface area contributed by atoms with Gasteiger partial charge in [0.1, 0.15) is 0 Å². The van der Waals surface area contributed by atoms with Gasteiger partial charge >= 0.3 is 5.69 Å². The average Bonchev–Trinajstić information content (AvgIpc) is 2.66. The summed E-state index contributed by atoms with van der Waals surface area (Å²) in [4.78, 5) is 19.0. The summed E-state index contributed by atoms with van der Waals surface area (Å²) in [5.41, 5.74) is 7.36. The number of anilines is 3. The first-order chi connectivity index (χ1) is 13.0. The van der Waals surface area contributed by atoms with E-state index in [0.717, 1.165) is 11.1 Å². The van der Waals surface area contributed by atoms with Crippen molar-refractivity contribution in [2.75, 3.05) is 16.4 Å². The third kappa shape index (κ3) is 4.83. The van der Waals surface area contributed by atoms with E-state index in [9.17, 15) is 10.1 Å². The molecule has 3 rings (SSSR count). The van der Waals surface area contributed by atoms with E-state index in [0.29, 0.717) is 18.1 Å². The Morgan fingerprint density at radius 1 is 0.963 bits per heavy atom. The first-order valence-electron chi connectivity index (χ1n) is 8.11. The third-order valence-electron chi connectivity index (χ3n) is 3.76. The van der Waals surface area contributed by atoms with E-state index in [1.807, 2.05) is 42.5 Å². The minimum Gasteiger partial charge on any atom is -0.378 e. The van der Waals surface area contributed by atoms with Crippen LogP contribution in [0.5, 0.6) is 0 Å². The molecule has 0 amide bonds. The van der Waals surface area contributed by atoms with Crippen LogP contribution in [0.4, 0.5) is 23.3 Å². The monoisotopic (exact) mass is 384 g/mol. The van der Waals surface area contributed by atoms with Gasteiger partial charge in [-0.15, -0.1) is 0 Å². The fourth-order valence-electron chi connectivity index (χ4n) is 2.42. The van der Waals surface area contributed by atoms with Crippen molar-refractivity contribution in [3.8, 4) is 0 Å². The number of nitrogens with one attached hydrogen (secondary N) is 2. The summed E-state index contributed by atoms with van der Waals surface area (Å²) in [7, 11) is 0. The zero-order chi connectivity index (χ0) is 19.2. The van der Waals surface area contributed by atoms with Gasteiger partial charge in [-0.3, -0.25) is 10.1 Å². The van der Waals surface area contributed by atoms with Gasteiger partial charge in [0.25, 0.3) is 0 Å². The Morgan fingerprint density at radius 2 is 1.59 bits per heavy atom. The molecule has 9 heteroatoms. The average molecular weight is 385 g/mol. The lowest BCUT2D eigenvalue weighted by atomic mass is 10.2. The molecule has 0 saturated heterocycles. The predicted molar refractivity (Wildman–Crippen MR) is 106 cm³/mol. The Morgan fingerprint density at radius 3 is 2.26 bits per heavy atom. The number of rotatable bonds is 7. The van der Waals surface area contributed by atoms with Crippen molar-refractivity contribution in [2.24, 2.45) is 0 Å². The Balaban J connectivity index is 1.79. The number of nitro groups is 1. The van der Waals surface area contributed by atoms with Crippen LogP contribution >= 0.6 is 11.6 Å². The minimum absolute atomic E-state index is 0.0648. The summed E-state index contributed by atoms with van der Waals surface area (Å²) in [5, 5.41) is 18.0. The number of benzene rings is 2. The van der Waals surface area contributed by atoms with Crippen molar-refractivity contribution < 1.29 is 4.92 Å². The van der Waals surface area contributed by atoms with Crippen LogP contribution in [0.2, 0.25) is 5.02 Å². The lowest BCUT2D eigenvalue weighted by Crippen LogP contribution is -2.12. The maximum Gasteiger partial charge on any atom is 0.353 e. The Labute approximate surface area is 160 Å². The molecular weight excluding hydrogens is 368 g/mol. The van der Waals surface area contributed by atoms with Gasteiger partial charge in [-0.05, 0) is 23.3 Å². The normalized spacial score (nSPS) is 10.4. The number of halogens is 1. The lowest BCUT2D eigenvalue weighted by Gasteiger charge is -2.11. The number of nitrogens with zero attached hydrogens (tertiary/aromatic N) is 3. The molecule has 1 aromatic heterocycles. The molecule has 0 aliphatic heterocycles. The number of hydrogen-bond acceptors (Lipinski definition) is 7. The Bertz CT molecular complexity index is 935. The smallest absolute Gasteiger partial charge is 0.353 e. The van der Waals surface area contributed by atoms with Crippen LogP contribution in [-0.2, 0) is 13.1 Å². The molecule has 138 valence electrons. The third-order valence-corrected chi connectivity index (χ3v) is 4.01. The minimum atomic E-state index is -0.592. The molecule has 0 spiro atoms. The van der Waals surface area contributed by atoms with Crippen molar-refractivity contribution in [1.82, 2.24) is 9.97 Å².